The predicted molar refractivity (Wildman–Crippen MR) is 73.7 cm³/mol. The number of ketones is 1. The second-order valence-corrected chi connectivity index (χ2v) is 4.75. The zero-order chi connectivity index (χ0) is 12.7. The molecule has 17 heavy (non-hydrogen) atoms. The molecule has 0 amide bonds. The number of halogens is 1. The molecule has 0 spiro atoms. The van der Waals surface area contributed by atoms with Crippen molar-refractivity contribution in [1.82, 2.24) is 0 Å². The van der Waals surface area contributed by atoms with Gasteiger partial charge in [0.15, 0.2) is 0 Å². The van der Waals surface area contributed by atoms with Crippen LogP contribution < -0.4 is 0 Å². The molecule has 0 aliphatic rings. The third-order valence-electron chi connectivity index (χ3n) is 2.31. The Labute approximate surface area is 115 Å². The Bertz CT molecular complexity index is 401. The minimum atomic E-state index is -0.713. The maximum Gasteiger partial charge on any atom is 0.374 e. The Hall–Kier alpha value is -0.910. The summed E-state index contributed by atoms with van der Waals surface area (Å²) in [5.41, 5.74) is 1.21. The smallest absolute Gasteiger partial charge is 0.374 e. The summed E-state index contributed by atoms with van der Waals surface area (Å²) < 4.78 is 5.83. The van der Waals surface area contributed by atoms with Crippen LogP contribution in [0, 0.1) is 3.57 Å². The normalized spacial score (nSPS) is 10.0. The number of hydrogen-bond acceptors (Lipinski definition) is 3. The van der Waals surface area contributed by atoms with Crippen LogP contribution in [0.1, 0.15) is 25.3 Å². The standard InChI is InChI=1S/C13H15IO3/c1-2-17-13(16)12(15)9-5-7-10-6-3-4-8-11(10)14/h3-4,6,8H,2,5,7,9H2,1H3. The second-order valence-electron chi connectivity index (χ2n) is 3.59. The third kappa shape index (κ3) is 4.85. The van der Waals surface area contributed by atoms with E-state index in [4.69, 9.17) is 0 Å². The largest absolute Gasteiger partial charge is 0.460 e. The van der Waals surface area contributed by atoms with Gasteiger partial charge in [-0.2, -0.15) is 0 Å². The van der Waals surface area contributed by atoms with Crippen molar-refractivity contribution < 1.29 is 14.3 Å². The summed E-state index contributed by atoms with van der Waals surface area (Å²) in [5, 5.41) is 0. The van der Waals surface area contributed by atoms with Gasteiger partial charge in [-0.1, -0.05) is 18.2 Å². The Balaban J connectivity index is 2.36. The van der Waals surface area contributed by atoms with E-state index in [0.717, 1.165) is 6.42 Å². The summed E-state index contributed by atoms with van der Waals surface area (Å²) in [7, 11) is 0. The number of rotatable bonds is 6. The van der Waals surface area contributed by atoms with Gasteiger partial charge < -0.3 is 4.74 Å². The molecule has 0 bridgehead atoms. The Morgan fingerprint density at radius 1 is 1.29 bits per heavy atom. The molecule has 1 aromatic rings. The molecule has 4 heteroatoms. The Morgan fingerprint density at radius 2 is 2.00 bits per heavy atom. The number of carbonyl (C=O) groups excluding carboxylic acids is 2. The van der Waals surface area contributed by atoms with Crippen LogP contribution >= 0.6 is 22.6 Å². The summed E-state index contributed by atoms with van der Waals surface area (Å²) in [4.78, 5) is 22.4. The first-order valence-electron chi connectivity index (χ1n) is 5.58. The molecule has 0 saturated heterocycles. The first-order valence-corrected chi connectivity index (χ1v) is 6.66. The maximum atomic E-state index is 11.3. The van der Waals surface area contributed by atoms with Gasteiger partial charge in [0.1, 0.15) is 0 Å². The number of hydrogen-bond donors (Lipinski definition) is 0. The summed E-state index contributed by atoms with van der Waals surface area (Å²) >= 11 is 2.27. The van der Waals surface area contributed by atoms with E-state index in [2.05, 4.69) is 27.3 Å². The number of ether oxygens (including phenoxy) is 1. The third-order valence-corrected chi connectivity index (χ3v) is 3.36. The number of benzene rings is 1. The van der Waals surface area contributed by atoms with E-state index in [1.54, 1.807) is 6.92 Å². The van der Waals surface area contributed by atoms with Crippen LogP contribution in [0.5, 0.6) is 0 Å². The second kappa shape index (κ2) is 7.42. The molecule has 0 aliphatic heterocycles. The molecule has 0 unspecified atom stereocenters. The van der Waals surface area contributed by atoms with Crippen molar-refractivity contribution in [3.05, 3.63) is 33.4 Å². The van der Waals surface area contributed by atoms with E-state index < -0.39 is 11.8 Å². The van der Waals surface area contributed by atoms with E-state index in [-0.39, 0.29) is 13.0 Å². The molecule has 92 valence electrons. The van der Waals surface area contributed by atoms with Crippen LogP contribution in [-0.4, -0.2) is 18.4 Å². The quantitative estimate of drug-likeness (QED) is 0.452. The van der Waals surface area contributed by atoms with Crippen molar-refractivity contribution in [1.29, 1.82) is 0 Å². The highest BCUT2D eigenvalue weighted by molar-refractivity contribution is 14.1. The van der Waals surface area contributed by atoms with Crippen molar-refractivity contribution in [2.24, 2.45) is 0 Å². The highest BCUT2D eigenvalue weighted by atomic mass is 127. The Morgan fingerprint density at radius 3 is 2.65 bits per heavy atom. The van der Waals surface area contributed by atoms with Crippen molar-refractivity contribution in [3.63, 3.8) is 0 Å². The molecule has 0 radical (unpaired) electrons. The molecule has 0 N–H and O–H groups in total. The van der Waals surface area contributed by atoms with Crippen molar-refractivity contribution in [3.8, 4) is 0 Å². The highest BCUT2D eigenvalue weighted by Gasteiger charge is 2.13. The van der Waals surface area contributed by atoms with Crippen LogP contribution in [0.4, 0.5) is 0 Å². The maximum absolute atomic E-state index is 11.3. The molecule has 0 heterocycles. The minimum Gasteiger partial charge on any atom is -0.460 e. The van der Waals surface area contributed by atoms with Gasteiger partial charge >= 0.3 is 5.97 Å². The van der Waals surface area contributed by atoms with Crippen LogP contribution in [-0.2, 0) is 20.7 Å². The first-order chi connectivity index (χ1) is 8.15. The van der Waals surface area contributed by atoms with Crippen LogP contribution in [0.25, 0.3) is 0 Å². The van der Waals surface area contributed by atoms with E-state index in [1.165, 1.54) is 9.13 Å². The zero-order valence-electron chi connectivity index (χ0n) is 9.74. The molecular weight excluding hydrogens is 331 g/mol. The lowest BCUT2D eigenvalue weighted by Crippen LogP contribution is -2.17. The average Bonchev–Trinajstić information content (AvgIpc) is 2.31. The molecular formula is C13H15IO3. The molecule has 0 atom stereocenters. The van der Waals surface area contributed by atoms with E-state index >= 15 is 0 Å². The fourth-order valence-electron chi connectivity index (χ4n) is 1.45. The number of aryl methyl sites for hydroxylation is 1. The number of esters is 1. The summed E-state index contributed by atoms with van der Waals surface area (Å²) in [6.45, 7) is 1.94. The lowest BCUT2D eigenvalue weighted by atomic mass is 10.1. The summed E-state index contributed by atoms with van der Waals surface area (Å²) in [6, 6.07) is 8.03. The molecule has 1 rings (SSSR count). The van der Waals surface area contributed by atoms with Crippen LogP contribution in [0.15, 0.2) is 24.3 Å². The van der Waals surface area contributed by atoms with E-state index in [9.17, 15) is 9.59 Å². The molecule has 3 nitrogen and oxygen atoms in total. The van der Waals surface area contributed by atoms with Crippen LogP contribution in [0.2, 0.25) is 0 Å². The van der Waals surface area contributed by atoms with Gasteiger partial charge in [-0.15, -0.1) is 0 Å². The topological polar surface area (TPSA) is 43.4 Å². The van der Waals surface area contributed by atoms with Gasteiger partial charge in [-0.3, -0.25) is 4.79 Å². The number of Topliss-reactive ketones (excluding diaryl/α,β-unsaturated/α-hetero) is 1. The van der Waals surface area contributed by atoms with Gasteiger partial charge in [0.2, 0.25) is 5.78 Å². The van der Waals surface area contributed by atoms with Gasteiger partial charge in [0.25, 0.3) is 0 Å². The molecule has 0 aromatic heterocycles. The van der Waals surface area contributed by atoms with Gasteiger partial charge in [-0.25, -0.2) is 4.79 Å². The van der Waals surface area contributed by atoms with Gasteiger partial charge in [-0.05, 0) is 54.0 Å². The summed E-state index contributed by atoms with van der Waals surface area (Å²) in [5.74, 6) is -1.15. The lowest BCUT2D eigenvalue weighted by Gasteiger charge is -2.03. The number of carbonyl (C=O) groups is 2. The van der Waals surface area contributed by atoms with Crippen molar-refractivity contribution in [2.75, 3.05) is 6.61 Å². The predicted octanol–water partition coefficient (Wildman–Crippen LogP) is 2.75. The molecule has 1 aromatic carbocycles. The SMILES string of the molecule is CCOC(=O)C(=O)CCCc1ccccc1I. The molecule has 0 aliphatic carbocycles. The monoisotopic (exact) mass is 346 g/mol. The van der Waals surface area contributed by atoms with Crippen molar-refractivity contribution in [2.45, 2.75) is 26.2 Å². The average molecular weight is 346 g/mol. The fraction of sp³-hybridized carbons (Fsp3) is 0.385. The zero-order valence-corrected chi connectivity index (χ0v) is 11.9. The van der Waals surface area contributed by atoms with E-state index in [0.29, 0.717) is 6.42 Å². The highest BCUT2D eigenvalue weighted by Crippen LogP contribution is 2.14. The lowest BCUT2D eigenvalue weighted by molar-refractivity contribution is -0.153. The molecule has 0 fully saturated rings. The van der Waals surface area contributed by atoms with E-state index in [1.807, 2.05) is 24.3 Å². The first kappa shape index (κ1) is 14.2. The van der Waals surface area contributed by atoms with Gasteiger partial charge in [0, 0.05) is 9.99 Å². The Kier molecular flexibility index (Phi) is 6.18. The summed E-state index contributed by atoms with van der Waals surface area (Å²) in [6.07, 6.45) is 1.74. The minimum absolute atomic E-state index is 0.251. The molecule has 0 saturated carbocycles. The van der Waals surface area contributed by atoms with Crippen molar-refractivity contribution >= 4 is 34.3 Å². The van der Waals surface area contributed by atoms with Crippen LogP contribution in [0.3, 0.4) is 0 Å². The van der Waals surface area contributed by atoms with Gasteiger partial charge in [0.05, 0.1) is 6.61 Å². The fourth-order valence-corrected chi connectivity index (χ4v) is 2.11.